The van der Waals surface area contributed by atoms with E-state index in [1.54, 1.807) is 37.3 Å². The van der Waals surface area contributed by atoms with Crippen molar-refractivity contribution in [1.82, 2.24) is 10.6 Å². The molecule has 0 saturated heterocycles. The Kier molecular flexibility index (Phi) is 7.59. The van der Waals surface area contributed by atoms with Gasteiger partial charge in [-0.25, -0.2) is 9.59 Å². The molecule has 0 saturated carbocycles. The van der Waals surface area contributed by atoms with E-state index in [0.29, 0.717) is 32.7 Å². The summed E-state index contributed by atoms with van der Waals surface area (Å²) in [6.45, 7) is 6.96. The second kappa shape index (κ2) is 10.7. The standard InChI is InChI=1S/C28H27ClN2O7/c1-13-16(4)37-23-12-24-20(10-19(13)23)14(2)21(28(36)38-24)11-25(32)30-15(3)26(33)31-22(27(34)35)9-17-5-7-18(29)8-6-17/h5-8,10,12,15,22H,9,11H2,1-4H3,(H,30,32)(H,31,33)(H,34,35)/t15-,22?/m0/s1. The molecule has 2 amide bonds. The van der Waals surface area contributed by atoms with Crippen molar-refractivity contribution < 1.29 is 28.3 Å². The van der Waals surface area contributed by atoms with E-state index in [0.717, 1.165) is 16.7 Å². The number of fused-ring (bicyclic) bond motifs is 2. The second-order valence-corrected chi connectivity index (χ2v) is 9.75. The van der Waals surface area contributed by atoms with Crippen LogP contribution in [0.25, 0.3) is 21.9 Å². The highest BCUT2D eigenvalue weighted by molar-refractivity contribution is 6.30. The summed E-state index contributed by atoms with van der Waals surface area (Å²) in [5, 5.41) is 16.6. The van der Waals surface area contributed by atoms with Gasteiger partial charge >= 0.3 is 11.6 Å². The van der Waals surface area contributed by atoms with Crippen molar-refractivity contribution in [3.05, 3.63) is 79.9 Å². The average Bonchev–Trinajstić information content (AvgIpc) is 3.13. The largest absolute Gasteiger partial charge is 0.480 e. The van der Waals surface area contributed by atoms with Gasteiger partial charge in [-0.15, -0.1) is 0 Å². The number of carboxylic acid groups (broad SMARTS) is 1. The lowest BCUT2D eigenvalue weighted by Crippen LogP contribution is -2.51. The van der Waals surface area contributed by atoms with Gasteiger partial charge in [-0.3, -0.25) is 9.59 Å². The lowest BCUT2D eigenvalue weighted by Gasteiger charge is -2.19. The fraction of sp³-hybridized carbons (Fsp3) is 0.286. The van der Waals surface area contributed by atoms with Gasteiger partial charge < -0.3 is 24.6 Å². The normalized spacial score (nSPS) is 12.9. The summed E-state index contributed by atoms with van der Waals surface area (Å²) in [7, 11) is 0. The molecule has 0 aliphatic rings. The lowest BCUT2D eigenvalue weighted by atomic mass is 10.0. The zero-order valence-electron chi connectivity index (χ0n) is 21.3. The molecule has 0 bridgehead atoms. The molecule has 0 aliphatic carbocycles. The quantitative estimate of drug-likeness (QED) is 0.288. The van der Waals surface area contributed by atoms with Crippen molar-refractivity contribution in [2.75, 3.05) is 0 Å². The minimum atomic E-state index is -1.21. The fourth-order valence-electron chi connectivity index (χ4n) is 4.30. The Hall–Kier alpha value is -4.11. The number of nitrogens with one attached hydrogen (secondary N) is 2. The molecule has 0 radical (unpaired) electrons. The summed E-state index contributed by atoms with van der Waals surface area (Å²) in [6.07, 6.45) is -0.268. The van der Waals surface area contributed by atoms with Crippen LogP contribution in [0.5, 0.6) is 0 Å². The summed E-state index contributed by atoms with van der Waals surface area (Å²) in [5.41, 5.74) is 2.72. The van der Waals surface area contributed by atoms with Crippen molar-refractivity contribution in [2.45, 2.75) is 52.6 Å². The number of furan rings is 1. The third-order valence-corrected chi connectivity index (χ3v) is 6.91. The predicted octanol–water partition coefficient (Wildman–Crippen LogP) is 3.98. The van der Waals surface area contributed by atoms with Crippen LogP contribution in [0.2, 0.25) is 5.02 Å². The van der Waals surface area contributed by atoms with Crippen LogP contribution in [-0.4, -0.2) is 35.0 Å². The molecular formula is C28H27ClN2O7. The smallest absolute Gasteiger partial charge is 0.340 e. The molecule has 10 heteroatoms. The van der Waals surface area contributed by atoms with Gasteiger partial charge in [0.1, 0.15) is 29.0 Å². The van der Waals surface area contributed by atoms with Crippen LogP contribution in [0.3, 0.4) is 0 Å². The highest BCUT2D eigenvalue weighted by atomic mass is 35.5. The Labute approximate surface area is 222 Å². The Morgan fingerprint density at radius 1 is 0.947 bits per heavy atom. The number of hydrogen-bond acceptors (Lipinski definition) is 6. The van der Waals surface area contributed by atoms with Gasteiger partial charge in [-0.2, -0.15) is 0 Å². The van der Waals surface area contributed by atoms with E-state index in [1.165, 1.54) is 6.92 Å². The van der Waals surface area contributed by atoms with E-state index in [1.807, 2.05) is 19.9 Å². The number of carboxylic acids is 1. The van der Waals surface area contributed by atoms with Gasteiger partial charge in [0, 0.05) is 28.3 Å². The van der Waals surface area contributed by atoms with Crippen LogP contribution in [0.15, 0.2) is 50.0 Å². The second-order valence-electron chi connectivity index (χ2n) is 9.32. The summed E-state index contributed by atoms with van der Waals surface area (Å²) >= 11 is 5.87. The average molecular weight is 539 g/mol. The molecule has 9 nitrogen and oxygen atoms in total. The van der Waals surface area contributed by atoms with Gasteiger partial charge in [0.25, 0.3) is 0 Å². The summed E-state index contributed by atoms with van der Waals surface area (Å²) in [5.74, 6) is -1.70. The number of amides is 2. The number of rotatable bonds is 8. The Balaban J connectivity index is 1.47. The zero-order valence-corrected chi connectivity index (χ0v) is 22.1. The highest BCUT2D eigenvalue weighted by Gasteiger charge is 2.25. The number of benzene rings is 2. The molecule has 2 heterocycles. The highest BCUT2D eigenvalue weighted by Crippen LogP contribution is 2.31. The minimum Gasteiger partial charge on any atom is -0.480 e. The van der Waals surface area contributed by atoms with E-state index in [9.17, 15) is 24.3 Å². The number of aliphatic carboxylic acids is 1. The first-order valence-electron chi connectivity index (χ1n) is 12.0. The molecule has 2 aromatic heterocycles. The third kappa shape index (κ3) is 5.57. The number of halogens is 1. The molecule has 1 unspecified atom stereocenters. The topological polar surface area (TPSA) is 139 Å². The van der Waals surface area contributed by atoms with Crippen molar-refractivity contribution in [2.24, 2.45) is 0 Å². The van der Waals surface area contributed by atoms with Crippen LogP contribution in [-0.2, 0) is 27.2 Å². The van der Waals surface area contributed by atoms with Gasteiger partial charge in [-0.05, 0) is 62.6 Å². The summed E-state index contributed by atoms with van der Waals surface area (Å²) in [6, 6.07) is 7.90. The van der Waals surface area contributed by atoms with Gasteiger partial charge in [0.15, 0.2) is 0 Å². The van der Waals surface area contributed by atoms with Crippen LogP contribution >= 0.6 is 11.6 Å². The number of carbonyl (C=O) groups excluding carboxylic acids is 2. The van der Waals surface area contributed by atoms with Crippen LogP contribution in [0.4, 0.5) is 0 Å². The van der Waals surface area contributed by atoms with E-state index < -0.39 is 35.5 Å². The number of carbonyl (C=O) groups is 3. The molecular weight excluding hydrogens is 512 g/mol. The van der Waals surface area contributed by atoms with E-state index in [4.69, 9.17) is 20.4 Å². The van der Waals surface area contributed by atoms with Crippen LogP contribution < -0.4 is 16.3 Å². The maximum Gasteiger partial charge on any atom is 0.340 e. The molecule has 4 rings (SSSR count). The summed E-state index contributed by atoms with van der Waals surface area (Å²) < 4.78 is 11.2. The molecule has 3 N–H and O–H groups in total. The first kappa shape index (κ1) is 26.9. The first-order valence-corrected chi connectivity index (χ1v) is 12.4. The van der Waals surface area contributed by atoms with Crippen LogP contribution in [0.1, 0.15) is 34.9 Å². The first-order chi connectivity index (χ1) is 17.9. The molecule has 0 aliphatic heterocycles. The molecule has 0 fully saturated rings. The molecule has 0 spiro atoms. The molecule has 198 valence electrons. The summed E-state index contributed by atoms with van der Waals surface area (Å²) in [4.78, 5) is 49.8. The molecule has 2 atom stereocenters. The van der Waals surface area contributed by atoms with E-state index in [-0.39, 0.29) is 18.4 Å². The van der Waals surface area contributed by atoms with Crippen molar-refractivity contribution in [3.63, 3.8) is 0 Å². The maximum absolute atomic E-state index is 12.8. The lowest BCUT2D eigenvalue weighted by molar-refractivity contribution is -0.142. The van der Waals surface area contributed by atoms with Gasteiger partial charge in [-0.1, -0.05) is 23.7 Å². The Morgan fingerprint density at radius 2 is 1.58 bits per heavy atom. The monoisotopic (exact) mass is 538 g/mol. The van der Waals surface area contributed by atoms with Gasteiger partial charge in [0.2, 0.25) is 11.8 Å². The van der Waals surface area contributed by atoms with E-state index in [2.05, 4.69) is 10.6 Å². The van der Waals surface area contributed by atoms with Crippen molar-refractivity contribution >= 4 is 51.3 Å². The Morgan fingerprint density at radius 3 is 2.24 bits per heavy atom. The van der Waals surface area contributed by atoms with Crippen LogP contribution in [0, 0.1) is 20.8 Å². The van der Waals surface area contributed by atoms with Gasteiger partial charge in [0.05, 0.1) is 12.0 Å². The molecule has 2 aromatic carbocycles. The zero-order chi connectivity index (χ0) is 27.7. The third-order valence-electron chi connectivity index (χ3n) is 6.66. The number of hydrogen-bond donors (Lipinski definition) is 3. The van der Waals surface area contributed by atoms with Crippen molar-refractivity contribution in [1.29, 1.82) is 0 Å². The predicted molar refractivity (Wildman–Crippen MR) is 142 cm³/mol. The number of aryl methyl sites for hydroxylation is 3. The fourth-order valence-corrected chi connectivity index (χ4v) is 4.43. The van der Waals surface area contributed by atoms with E-state index >= 15 is 0 Å². The Bertz CT molecular complexity index is 1620. The maximum atomic E-state index is 12.8. The minimum absolute atomic E-state index is 0.0408. The SMILES string of the molecule is Cc1oc2cc3oc(=O)c(CC(=O)N[C@@H](C)C(=O)NC(Cc4ccc(Cl)cc4)C(=O)O)c(C)c3cc2c1C. The molecule has 4 aromatic rings. The van der Waals surface area contributed by atoms with Crippen molar-refractivity contribution in [3.8, 4) is 0 Å². The molecule has 38 heavy (non-hydrogen) atoms.